The standard InChI is InChI=1S/C19H22O6.C18H20O6.C2H6.CH4/c1-21-12-8-15(22-2)13-10-18(24-4)19(25-16(13)9-12)11-5-6-14(20)17(7-11)23-3;1-21-14-7-11(19)8-15-12(14)9-17(23-3)18(24-15)10-4-5-13(20)16(6-10)22-2;1-2;/h5-9,18-20H,10H2,1-4H3;4-8,17-20H,9H2,1-3H3;1-2H3;1H4/t18-,19-;17-,18-;;/m11../s1. The summed E-state index contributed by atoms with van der Waals surface area (Å²) < 4.78 is 50.1. The largest absolute Gasteiger partial charge is 0.508 e. The zero-order valence-electron chi connectivity index (χ0n) is 30.5. The Morgan fingerprint density at radius 1 is 0.519 bits per heavy atom. The van der Waals surface area contributed by atoms with Crippen molar-refractivity contribution in [1.82, 2.24) is 0 Å². The van der Waals surface area contributed by atoms with E-state index < -0.39 is 6.10 Å². The molecule has 12 nitrogen and oxygen atoms in total. The SMILES string of the molecule is C.CC.COc1cc(OC)c2c(c1)O[C@H](c1ccc(O)c(OC)c1)[C@H](OC)C2.COc1cc([C@H]2Oc3cc(O)cc(OC)c3C[C@H]2OC)ccc1O. The molecule has 4 atom stereocenters. The van der Waals surface area contributed by atoms with E-state index in [0.29, 0.717) is 53.1 Å². The van der Waals surface area contributed by atoms with E-state index in [1.165, 1.54) is 14.2 Å². The molecule has 52 heavy (non-hydrogen) atoms. The third kappa shape index (κ3) is 8.80. The Balaban J connectivity index is 0.000000263. The Morgan fingerprint density at radius 3 is 1.35 bits per heavy atom. The van der Waals surface area contributed by atoms with Gasteiger partial charge in [-0.05, 0) is 35.4 Å². The predicted molar refractivity (Wildman–Crippen MR) is 197 cm³/mol. The normalized spacial score (nSPS) is 18.1. The highest BCUT2D eigenvalue weighted by atomic mass is 16.5. The highest BCUT2D eigenvalue weighted by molar-refractivity contribution is 5.54. The maximum absolute atomic E-state index is 9.85. The van der Waals surface area contributed by atoms with Gasteiger partial charge in [-0.15, -0.1) is 0 Å². The molecule has 4 aromatic rings. The maximum atomic E-state index is 9.85. The number of methoxy groups -OCH3 is 7. The molecule has 12 heteroatoms. The van der Waals surface area contributed by atoms with Crippen molar-refractivity contribution < 1.29 is 58.0 Å². The second-order valence-electron chi connectivity index (χ2n) is 11.3. The van der Waals surface area contributed by atoms with Crippen LogP contribution in [0.3, 0.4) is 0 Å². The Hall–Kier alpha value is -5.20. The van der Waals surface area contributed by atoms with Gasteiger partial charge < -0.3 is 58.0 Å². The monoisotopic (exact) mass is 724 g/mol. The van der Waals surface area contributed by atoms with E-state index >= 15 is 0 Å². The summed E-state index contributed by atoms with van der Waals surface area (Å²) in [5.74, 6) is 4.16. The summed E-state index contributed by atoms with van der Waals surface area (Å²) in [6.45, 7) is 4.00. The molecule has 0 aromatic heterocycles. The van der Waals surface area contributed by atoms with Crippen LogP contribution >= 0.6 is 0 Å². The molecule has 0 spiro atoms. The van der Waals surface area contributed by atoms with Crippen LogP contribution in [0.15, 0.2) is 60.7 Å². The van der Waals surface area contributed by atoms with Crippen molar-refractivity contribution in [3.05, 3.63) is 82.9 Å². The first kappa shape index (κ1) is 41.2. The zero-order valence-corrected chi connectivity index (χ0v) is 30.5. The van der Waals surface area contributed by atoms with Crippen LogP contribution in [-0.4, -0.2) is 77.3 Å². The van der Waals surface area contributed by atoms with Crippen LogP contribution in [0.1, 0.15) is 55.7 Å². The first-order chi connectivity index (χ1) is 24.7. The van der Waals surface area contributed by atoms with Gasteiger partial charge in [-0.1, -0.05) is 33.4 Å². The van der Waals surface area contributed by atoms with Crippen molar-refractivity contribution in [3.8, 4) is 57.5 Å². The summed E-state index contributed by atoms with van der Waals surface area (Å²) in [6.07, 6.45) is 0.0114. The van der Waals surface area contributed by atoms with Crippen molar-refractivity contribution in [2.24, 2.45) is 0 Å². The minimum Gasteiger partial charge on any atom is -0.508 e. The van der Waals surface area contributed by atoms with Crippen LogP contribution in [0.2, 0.25) is 0 Å². The lowest BCUT2D eigenvalue weighted by molar-refractivity contribution is -0.0122. The van der Waals surface area contributed by atoms with Gasteiger partial charge in [-0.3, -0.25) is 0 Å². The molecule has 0 saturated carbocycles. The highest BCUT2D eigenvalue weighted by Gasteiger charge is 2.35. The van der Waals surface area contributed by atoms with E-state index in [0.717, 1.165) is 22.3 Å². The van der Waals surface area contributed by atoms with Crippen LogP contribution in [0.5, 0.6) is 57.5 Å². The molecular weight excluding hydrogens is 672 g/mol. The molecule has 6 rings (SSSR count). The minimum absolute atomic E-state index is 0. The van der Waals surface area contributed by atoms with Gasteiger partial charge >= 0.3 is 0 Å². The lowest BCUT2D eigenvalue weighted by Crippen LogP contribution is -2.32. The molecule has 3 N–H and O–H groups in total. The van der Waals surface area contributed by atoms with E-state index in [9.17, 15) is 15.3 Å². The molecule has 0 unspecified atom stereocenters. The fourth-order valence-corrected chi connectivity index (χ4v) is 6.06. The number of ether oxygens (including phenoxy) is 9. The second kappa shape index (κ2) is 18.9. The molecular formula is C40H52O12. The van der Waals surface area contributed by atoms with Gasteiger partial charge in [0.2, 0.25) is 0 Å². The Bertz CT molecular complexity index is 1760. The number of hydrogen-bond acceptors (Lipinski definition) is 12. The molecule has 284 valence electrons. The molecule has 2 aliphatic rings. The van der Waals surface area contributed by atoms with Gasteiger partial charge in [0, 0.05) is 62.5 Å². The average Bonchev–Trinajstić information content (AvgIpc) is 3.17. The lowest BCUT2D eigenvalue weighted by Gasteiger charge is -2.34. The van der Waals surface area contributed by atoms with E-state index in [1.54, 1.807) is 84.1 Å². The molecule has 0 aliphatic carbocycles. The van der Waals surface area contributed by atoms with Crippen LogP contribution in [0.4, 0.5) is 0 Å². The Morgan fingerprint density at radius 2 is 0.942 bits per heavy atom. The van der Waals surface area contributed by atoms with Gasteiger partial charge in [-0.2, -0.15) is 0 Å². The number of phenolic OH excluding ortho intramolecular Hbond substituents is 3. The summed E-state index contributed by atoms with van der Waals surface area (Å²) in [6, 6.07) is 17.0. The van der Waals surface area contributed by atoms with Gasteiger partial charge in [-0.25, -0.2) is 0 Å². The molecule has 4 aromatic carbocycles. The highest BCUT2D eigenvalue weighted by Crippen LogP contribution is 2.45. The summed E-state index contributed by atoms with van der Waals surface area (Å²) >= 11 is 0. The number of benzene rings is 4. The van der Waals surface area contributed by atoms with Crippen LogP contribution in [-0.2, 0) is 22.3 Å². The molecule has 2 aliphatic heterocycles. The zero-order chi connectivity index (χ0) is 37.2. The molecule has 2 heterocycles. The van der Waals surface area contributed by atoms with Crippen molar-refractivity contribution in [3.63, 3.8) is 0 Å². The van der Waals surface area contributed by atoms with E-state index in [-0.39, 0.29) is 43.0 Å². The summed E-state index contributed by atoms with van der Waals surface area (Å²) in [7, 11) is 11.0. The van der Waals surface area contributed by atoms with Gasteiger partial charge in [0.05, 0.1) is 35.5 Å². The van der Waals surface area contributed by atoms with Crippen molar-refractivity contribution >= 4 is 0 Å². The number of fused-ring (bicyclic) bond motifs is 2. The van der Waals surface area contributed by atoms with Crippen molar-refractivity contribution in [2.75, 3.05) is 49.8 Å². The molecule has 0 radical (unpaired) electrons. The number of aromatic hydroxyl groups is 3. The van der Waals surface area contributed by atoms with E-state index in [4.69, 9.17) is 42.6 Å². The smallest absolute Gasteiger partial charge is 0.160 e. The third-order valence-corrected chi connectivity index (χ3v) is 8.63. The fraction of sp³-hybridized carbons (Fsp3) is 0.400. The third-order valence-electron chi connectivity index (χ3n) is 8.63. The lowest BCUT2D eigenvalue weighted by atomic mass is 9.93. The van der Waals surface area contributed by atoms with Crippen LogP contribution in [0.25, 0.3) is 0 Å². The van der Waals surface area contributed by atoms with Crippen LogP contribution in [0, 0.1) is 0 Å². The summed E-state index contributed by atoms with van der Waals surface area (Å²) in [5, 5.41) is 29.4. The van der Waals surface area contributed by atoms with E-state index in [2.05, 4.69) is 0 Å². The topological polar surface area (TPSA) is 144 Å². The van der Waals surface area contributed by atoms with Gasteiger partial charge in [0.15, 0.2) is 35.2 Å². The summed E-state index contributed by atoms with van der Waals surface area (Å²) in [4.78, 5) is 0. The first-order valence-corrected chi connectivity index (χ1v) is 16.5. The second-order valence-corrected chi connectivity index (χ2v) is 11.3. The summed E-state index contributed by atoms with van der Waals surface area (Å²) in [5.41, 5.74) is 3.46. The van der Waals surface area contributed by atoms with Crippen molar-refractivity contribution in [2.45, 2.75) is 58.5 Å². The molecule has 0 bridgehead atoms. The average molecular weight is 725 g/mol. The van der Waals surface area contributed by atoms with Crippen LogP contribution < -0.4 is 33.2 Å². The van der Waals surface area contributed by atoms with Gasteiger partial charge in [0.1, 0.15) is 46.7 Å². The number of phenols is 3. The molecule has 0 amide bonds. The Labute approximate surface area is 306 Å². The van der Waals surface area contributed by atoms with E-state index in [1.807, 2.05) is 26.0 Å². The fourth-order valence-electron chi connectivity index (χ4n) is 6.06. The number of rotatable bonds is 9. The quantitative estimate of drug-likeness (QED) is 0.157. The maximum Gasteiger partial charge on any atom is 0.160 e. The predicted octanol–water partition coefficient (Wildman–Crippen LogP) is 7.58. The Kier molecular flexibility index (Phi) is 15.0. The van der Waals surface area contributed by atoms with Crippen molar-refractivity contribution in [1.29, 1.82) is 0 Å². The molecule has 0 saturated heterocycles. The number of hydrogen-bond donors (Lipinski definition) is 3. The minimum atomic E-state index is -0.400. The molecule has 0 fully saturated rings. The first-order valence-electron chi connectivity index (χ1n) is 16.5. The van der Waals surface area contributed by atoms with Gasteiger partial charge in [0.25, 0.3) is 0 Å².